The van der Waals surface area contributed by atoms with E-state index >= 15 is 0 Å². The molecule has 0 radical (unpaired) electrons. The van der Waals surface area contributed by atoms with Crippen LogP contribution >= 0.6 is 24.0 Å². The van der Waals surface area contributed by atoms with Gasteiger partial charge < -0.3 is 34.1 Å². The molecule has 0 spiro atoms. The minimum atomic E-state index is -1.48. The van der Waals surface area contributed by atoms with E-state index in [2.05, 4.69) is 37.5 Å². The van der Waals surface area contributed by atoms with E-state index in [1.807, 2.05) is 88.4 Å². The summed E-state index contributed by atoms with van der Waals surface area (Å²) in [5.74, 6) is 0.522. The Labute approximate surface area is 351 Å². The first-order valence-corrected chi connectivity index (χ1v) is 17.8. The number of carbonyl (C=O) groups is 3. The van der Waals surface area contributed by atoms with Gasteiger partial charge in [-0.3, -0.25) is 9.97 Å². The van der Waals surface area contributed by atoms with E-state index in [1.165, 1.54) is 35.2 Å². The molecule has 0 bridgehead atoms. The van der Waals surface area contributed by atoms with Crippen LogP contribution in [-0.4, -0.2) is 94.3 Å². The van der Waals surface area contributed by atoms with Crippen LogP contribution in [0.5, 0.6) is 0 Å². The number of fused-ring (bicyclic) bond motifs is 2. The quantitative estimate of drug-likeness (QED) is 0.0669. The molecule has 2 N–H and O–H groups in total. The van der Waals surface area contributed by atoms with Gasteiger partial charge in [0.25, 0.3) is 11.2 Å². The summed E-state index contributed by atoms with van der Waals surface area (Å²) in [5.41, 5.74) is 1.78. The van der Waals surface area contributed by atoms with Crippen LogP contribution in [0.3, 0.4) is 0 Å². The number of methoxy groups -OCH3 is 3. The third-order valence-electron chi connectivity index (χ3n) is 8.26. The first kappa shape index (κ1) is 49.6. The van der Waals surface area contributed by atoms with E-state index in [4.69, 9.17) is 30.7 Å². The molecular formula is C42H53IN4O10. The van der Waals surface area contributed by atoms with Gasteiger partial charge in [0.1, 0.15) is 6.10 Å². The molecule has 57 heavy (non-hydrogen) atoms. The number of oxime groups is 2. The summed E-state index contributed by atoms with van der Waals surface area (Å²) in [6, 6.07) is 19.0. The molecule has 4 heterocycles. The minimum Gasteiger partial charge on any atom is -0.466 e. The molecule has 0 amide bonds. The van der Waals surface area contributed by atoms with Crippen LogP contribution in [0, 0.1) is 12.3 Å². The third-order valence-corrected chi connectivity index (χ3v) is 8.26. The molecule has 0 saturated carbocycles. The number of rotatable bonds is 7. The van der Waals surface area contributed by atoms with Crippen LogP contribution in [-0.2, 0) is 38.3 Å². The largest absolute Gasteiger partial charge is 0.466 e. The van der Waals surface area contributed by atoms with Gasteiger partial charge in [0.05, 0.1) is 68.3 Å². The molecule has 14 nitrogen and oxygen atoms in total. The summed E-state index contributed by atoms with van der Waals surface area (Å²) in [7, 11) is 3.77. The summed E-state index contributed by atoms with van der Waals surface area (Å²) in [4.78, 5) is 53.2. The average molecular weight is 902 g/mol. The molecule has 4 atom stereocenters. The molecule has 2 aliphatic heterocycles. The fraction of sp³-hybridized carbons (Fsp3) is 0.357. The maximum absolute atomic E-state index is 12.0. The molecule has 2 aromatic carbocycles. The predicted octanol–water partition coefficient (Wildman–Crippen LogP) is 6.57. The van der Waals surface area contributed by atoms with Crippen molar-refractivity contribution in [2.75, 3.05) is 21.3 Å². The molecule has 4 aromatic rings. The van der Waals surface area contributed by atoms with Crippen molar-refractivity contribution in [1.29, 1.82) is 0 Å². The maximum Gasteiger partial charge on any atom is 0.366 e. The van der Waals surface area contributed by atoms with Crippen molar-refractivity contribution in [1.82, 2.24) is 9.97 Å². The Hall–Kier alpha value is -5.44. The second kappa shape index (κ2) is 23.6. The Morgan fingerprint density at radius 2 is 1.26 bits per heavy atom. The lowest BCUT2D eigenvalue weighted by Gasteiger charge is -2.26. The topological polar surface area (TPSA) is 188 Å². The number of carbonyl (C=O) groups excluding carboxylic acids is 3. The van der Waals surface area contributed by atoms with Gasteiger partial charge in [-0.05, 0) is 56.2 Å². The van der Waals surface area contributed by atoms with E-state index in [0.717, 1.165) is 32.9 Å². The van der Waals surface area contributed by atoms with Crippen molar-refractivity contribution in [3.63, 3.8) is 0 Å². The van der Waals surface area contributed by atoms with Crippen LogP contribution in [0.15, 0.2) is 95.5 Å². The van der Waals surface area contributed by atoms with Gasteiger partial charge in [0, 0.05) is 35.7 Å². The highest BCUT2D eigenvalue weighted by atomic mass is 127. The highest BCUT2D eigenvalue weighted by Gasteiger charge is 2.52. The molecule has 0 saturated heterocycles. The number of hydrogen-bond acceptors (Lipinski definition) is 14. The zero-order valence-electron chi connectivity index (χ0n) is 33.6. The van der Waals surface area contributed by atoms with Crippen LogP contribution in [0.2, 0.25) is 0 Å². The van der Waals surface area contributed by atoms with Crippen molar-refractivity contribution in [3.05, 3.63) is 96.3 Å². The fourth-order valence-electron chi connectivity index (χ4n) is 5.09. The Morgan fingerprint density at radius 3 is 1.67 bits per heavy atom. The van der Waals surface area contributed by atoms with Gasteiger partial charge in [0.15, 0.2) is 0 Å². The molecule has 4 unspecified atom stereocenters. The second-order valence-electron chi connectivity index (χ2n) is 11.6. The number of hydrogen-bond donors (Lipinski definition) is 2. The number of halogens is 1. The van der Waals surface area contributed by atoms with Crippen LogP contribution in [0.4, 0.5) is 0 Å². The summed E-state index contributed by atoms with van der Waals surface area (Å²) in [6.45, 7) is 14.2. The average Bonchev–Trinajstić information content (AvgIpc) is 3.92. The first-order chi connectivity index (χ1) is 26.8. The predicted molar refractivity (Wildman–Crippen MR) is 231 cm³/mol. The van der Waals surface area contributed by atoms with Gasteiger partial charge in [-0.25, -0.2) is 14.4 Å². The van der Waals surface area contributed by atoms with Crippen molar-refractivity contribution < 1.29 is 49.9 Å². The monoisotopic (exact) mass is 901 g/mol. The number of aromatic nitrogens is 2. The molecule has 6 rings (SSSR count). The lowest BCUT2D eigenvalue weighted by molar-refractivity contribution is -0.179. The van der Waals surface area contributed by atoms with Crippen molar-refractivity contribution in [3.8, 4) is 12.3 Å². The number of esters is 3. The van der Waals surface area contributed by atoms with Crippen LogP contribution in [0.1, 0.15) is 66.9 Å². The van der Waals surface area contributed by atoms with Gasteiger partial charge in [-0.1, -0.05) is 68.9 Å². The number of benzene rings is 2. The number of aliphatic hydroxyl groups is 2. The Morgan fingerprint density at radius 1 is 0.789 bits per heavy atom. The van der Waals surface area contributed by atoms with Crippen molar-refractivity contribution in [2.45, 2.75) is 77.8 Å². The summed E-state index contributed by atoms with van der Waals surface area (Å²) in [5, 5.41) is 28.6. The molecule has 15 heteroatoms. The Kier molecular flexibility index (Phi) is 20.5. The van der Waals surface area contributed by atoms with E-state index in [9.17, 15) is 19.5 Å². The van der Waals surface area contributed by atoms with Gasteiger partial charge in [-0.15, -0.1) is 30.4 Å². The maximum atomic E-state index is 12.0. The molecule has 0 fully saturated rings. The number of ether oxygens (including phenoxy) is 3. The number of terminal acetylenes is 1. The third kappa shape index (κ3) is 12.0. The molecule has 2 aromatic heterocycles. The van der Waals surface area contributed by atoms with E-state index in [-0.39, 0.29) is 43.8 Å². The van der Waals surface area contributed by atoms with Crippen LogP contribution in [0.25, 0.3) is 21.8 Å². The fourth-order valence-corrected chi connectivity index (χ4v) is 5.09. The Balaban J connectivity index is 0.000000848. The van der Waals surface area contributed by atoms with Gasteiger partial charge >= 0.3 is 17.9 Å². The lowest BCUT2D eigenvalue weighted by Crippen LogP contribution is -2.49. The highest BCUT2D eigenvalue weighted by Crippen LogP contribution is 2.32. The van der Waals surface area contributed by atoms with Crippen LogP contribution < -0.4 is 0 Å². The standard InChI is InChI=1S/C16H16N2O4.C16H12N2O3.C6H10O3.2C2H6.HI.H2/c1-10(19)16(15(20)21-2)9-14(18-22-16)12-5-6-13-11(8-12)4-3-7-17-13;1-3-16(15(19)20-2)10-14(18-21-16)12-6-7-13-11(9-12)5-4-8-17-13;1-4(5(2)7)6(8)9-3;2*1-2;;/h3-8,10,19H,9H2,1-2H3;1,4-9H,10H2,2H3;5,7H,1H2,2-3H3;2*1-2H3;2*1H/i;;;;;;1+1. The second-order valence-corrected chi connectivity index (χ2v) is 11.6. The Bertz CT molecular complexity index is 2100. The highest BCUT2D eigenvalue weighted by molar-refractivity contribution is 14.0. The van der Waals surface area contributed by atoms with Gasteiger partial charge in [0.2, 0.25) is 0 Å². The number of nitrogens with zero attached hydrogens (tertiary/aromatic N) is 4. The first-order valence-electron chi connectivity index (χ1n) is 17.8. The van der Waals surface area contributed by atoms with E-state index in [1.54, 1.807) is 12.4 Å². The summed E-state index contributed by atoms with van der Waals surface area (Å²) in [6.07, 6.45) is 7.36. The number of pyridine rings is 2. The van der Waals surface area contributed by atoms with Gasteiger partial charge in [-0.2, -0.15) is 0 Å². The minimum absolute atomic E-state index is 0. The summed E-state index contributed by atoms with van der Waals surface area (Å²) < 4.78 is 13.7. The number of aliphatic hydroxyl groups excluding tert-OH is 2. The lowest BCUT2D eigenvalue weighted by atomic mass is 9.89. The molecule has 2 aliphatic rings. The summed E-state index contributed by atoms with van der Waals surface area (Å²) >= 11 is 0. The zero-order chi connectivity index (χ0) is 42.1. The SMILES string of the molecule is C#CC1(C(=O)OC)CC(c2ccc3ncccc3c2)=NO1.C=C(C(=O)OC)C(C)O.CC.CC.COC(=O)C1(C(C)O)CC(c2ccc3ncccc3c2)=NO1.I.[2HH]. The van der Waals surface area contributed by atoms with E-state index in [0.29, 0.717) is 11.4 Å². The van der Waals surface area contributed by atoms with E-state index < -0.39 is 41.3 Å². The zero-order valence-corrected chi connectivity index (χ0v) is 36.0. The smallest absolute Gasteiger partial charge is 0.366 e. The van der Waals surface area contributed by atoms with Crippen molar-refractivity contribution >= 4 is 75.1 Å². The molecular weight excluding hydrogens is 847 g/mol. The normalized spacial score (nSPS) is 18.2. The van der Waals surface area contributed by atoms with Crippen molar-refractivity contribution in [2.24, 2.45) is 10.3 Å². The molecule has 308 valence electrons. The molecule has 0 aliphatic carbocycles.